The van der Waals surface area contributed by atoms with Crippen LogP contribution in [0.5, 0.6) is 5.75 Å². The largest absolute Gasteiger partial charge is 0.484 e. The third-order valence-corrected chi connectivity index (χ3v) is 9.59. The Morgan fingerprint density at radius 2 is 1.86 bits per heavy atom. The fourth-order valence-electron chi connectivity index (χ4n) is 6.27. The Bertz CT molecular complexity index is 1940. The highest BCUT2D eigenvalue weighted by molar-refractivity contribution is 7.92. The number of hydrogen-bond acceptors (Lipinski definition) is 9. The summed E-state index contributed by atoms with van der Waals surface area (Å²) in [6, 6.07) is 11.2. The molecular weight excluding hydrogens is 673 g/mol. The van der Waals surface area contributed by atoms with Gasteiger partial charge in [-0.3, -0.25) is 9.72 Å². The summed E-state index contributed by atoms with van der Waals surface area (Å²) in [6.45, 7) is 8.08. The maximum Gasteiger partial charge on any atom is 0.349 e. The van der Waals surface area contributed by atoms with Gasteiger partial charge in [0.25, 0.3) is 0 Å². The molecule has 1 fully saturated rings. The second-order valence-corrected chi connectivity index (χ2v) is 15.8. The highest BCUT2D eigenvalue weighted by Gasteiger charge is 2.30. The third kappa shape index (κ3) is 9.38. The Labute approximate surface area is 298 Å². The van der Waals surface area contributed by atoms with E-state index in [2.05, 4.69) is 30.7 Å². The van der Waals surface area contributed by atoms with E-state index < -0.39 is 21.9 Å². The number of benzene rings is 1. The number of quaternary nitrogens is 1. The maximum atomic E-state index is 13.5. The lowest BCUT2D eigenvalue weighted by molar-refractivity contribution is -0.526. The summed E-state index contributed by atoms with van der Waals surface area (Å²) >= 11 is 0. The molecule has 0 spiro atoms. The summed E-state index contributed by atoms with van der Waals surface area (Å²) < 4.78 is 36.0. The molecule has 51 heavy (non-hydrogen) atoms. The molecule has 272 valence electrons. The summed E-state index contributed by atoms with van der Waals surface area (Å²) in [4.78, 5) is 20.2. The van der Waals surface area contributed by atoms with Crippen LogP contribution in [-0.2, 0) is 25.4 Å². The summed E-state index contributed by atoms with van der Waals surface area (Å²) in [7, 11) is -3.30. The highest BCUT2D eigenvalue weighted by atomic mass is 32.3. The molecule has 4 aromatic rings. The average Bonchev–Trinajstić information content (AvgIpc) is 3.71. The zero-order valence-corrected chi connectivity index (χ0v) is 30.4. The van der Waals surface area contributed by atoms with Crippen molar-refractivity contribution >= 4 is 39.7 Å². The monoisotopic (exact) mass is 720 g/mol. The van der Waals surface area contributed by atoms with Crippen LogP contribution in [0, 0.1) is 10.8 Å². The summed E-state index contributed by atoms with van der Waals surface area (Å²) in [6.07, 6.45) is 12.7. The van der Waals surface area contributed by atoms with Crippen LogP contribution < -0.4 is 25.6 Å². The second kappa shape index (κ2) is 15.3. The number of rotatable bonds is 12. The number of urea groups is 1. The number of nitrogens with two attached hydrogens (primary N) is 1. The third-order valence-electron chi connectivity index (χ3n) is 8.99. The van der Waals surface area contributed by atoms with Gasteiger partial charge in [-0.05, 0) is 59.6 Å². The number of piperidine rings is 1. The Hall–Kier alpha value is -4.64. The molecule has 15 nitrogen and oxygen atoms in total. The van der Waals surface area contributed by atoms with Gasteiger partial charge in [0, 0.05) is 30.3 Å². The van der Waals surface area contributed by atoms with Crippen LogP contribution in [0.3, 0.4) is 0 Å². The number of allylic oxidation sites excluding steroid dienone is 1. The van der Waals surface area contributed by atoms with Crippen LogP contribution in [0.2, 0.25) is 0 Å². The fraction of sp³-hybridized carbons (Fsp3) is 0.457. The van der Waals surface area contributed by atoms with Crippen molar-refractivity contribution in [2.24, 2.45) is 5.41 Å². The lowest BCUT2D eigenvalue weighted by Crippen LogP contribution is -2.80. The standard InChI is InChI=1S/C35H46N10O5S/c1-35(2,3)29(36)20-30(39-31-22-43(23-37-31)18-19-49-51(4,47)48)40-33(46)38-27-13-14-28(26-11-7-6-10-25(26)27)50-24-12-15-32-41-42-34(45(32)21-24)44-16-8-5-9-17-44/h6-7,10-12,15,20-23,27-28H,5,8-9,13-14,16-19H2,1-4H3,(H4-,36,38,39,40,46,47,48)/p+2. The van der Waals surface area contributed by atoms with Crippen LogP contribution in [0.1, 0.15) is 76.1 Å². The second-order valence-electron chi connectivity index (χ2n) is 14.1. The van der Waals surface area contributed by atoms with Gasteiger partial charge in [0.2, 0.25) is 17.6 Å². The molecule has 0 bridgehead atoms. The Kier molecular flexibility index (Phi) is 10.9. The molecular formula is C35H48N10O5S+2. The van der Waals surface area contributed by atoms with E-state index in [9.17, 15) is 13.6 Å². The number of fused-ring (bicyclic) bond motifs is 2. The van der Waals surface area contributed by atoms with Gasteiger partial charge in [0.1, 0.15) is 24.8 Å². The smallest absolute Gasteiger partial charge is 0.349 e. The van der Waals surface area contributed by atoms with E-state index in [-0.39, 0.29) is 18.8 Å². The van der Waals surface area contributed by atoms with Gasteiger partial charge in [-0.15, -0.1) is 14.4 Å². The molecule has 6 N–H and O–H groups in total. The number of nitrogens with one attached hydrogen (secondary N) is 3. The molecule has 1 aromatic carbocycles. The van der Waals surface area contributed by atoms with Crippen molar-refractivity contribution in [1.82, 2.24) is 34.8 Å². The number of carbonyl (C=O) groups excluding carboxylic acids is 1. The van der Waals surface area contributed by atoms with Crippen molar-refractivity contribution in [3.05, 3.63) is 78.1 Å². The number of ether oxygens (including phenoxy) is 1. The maximum absolute atomic E-state index is 13.5. The van der Waals surface area contributed by atoms with Crippen LogP contribution >= 0.6 is 0 Å². The number of hydrogen-bond donors (Lipinski definition) is 5. The molecule has 0 saturated carbocycles. The lowest BCUT2D eigenvalue weighted by atomic mass is 9.85. The first kappa shape index (κ1) is 36.2. The number of amides is 2. The van der Waals surface area contributed by atoms with Crippen LogP contribution in [0.15, 0.2) is 67.0 Å². The van der Waals surface area contributed by atoms with Crippen molar-refractivity contribution in [1.29, 1.82) is 5.41 Å². The number of imidazole rings is 1. The van der Waals surface area contributed by atoms with E-state index in [4.69, 9.17) is 14.3 Å². The number of pyridine rings is 1. The van der Waals surface area contributed by atoms with E-state index >= 15 is 0 Å². The zero-order chi connectivity index (χ0) is 36.2. The summed E-state index contributed by atoms with van der Waals surface area (Å²) in [5, 5.41) is 25.2. The minimum Gasteiger partial charge on any atom is -0.484 e. The van der Waals surface area contributed by atoms with E-state index in [1.54, 1.807) is 28.5 Å². The number of aromatic nitrogens is 5. The van der Waals surface area contributed by atoms with Crippen molar-refractivity contribution in [2.75, 3.05) is 30.9 Å². The van der Waals surface area contributed by atoms with E-state index in [0.29, 0.717) is 36.7 Å². The molecule has 2 aliphatic rings. The van der Waals surface area contributed by atoms with Crippen molar-refractivity contribution in [3.63, 3.8) is 0 Å². The highest BCUT2D eigenvalue weighted by Crippen LogP contribution is 2.39. The van der Waals surface area contributed by atoms with Gasteiger partial charge in [0.15, 0.2) is 11.9 Å². The van der Waals surface area contributed by atoms with Crippen molar-refractivity contribution in [2.45, 2.75) is 71.6 Å². The van der Waals surface area contributed by atoms with Gasteiger partial charge < -0.3 is 24.9 Å². The van der Waals surface area contributed by atoms with Gasteiger partial charge in [-0.2, -0.15) is 9.54 Å². The summed E-state index contributed by atoms with van der Waals surface area (Å²) in [5.74, 6) is 2.51. The molecule has 1 saturated heterocycles. The van der Waals surface area contributed by atoms with Crippen molar-refractivity contribution < 1.29 is 27.8 Å². The number of carbonyl (C=O) groups is 1. The van der Waals surface area contributed by atoms with E-state index in [1.807, 2.05) is 67.8 Å². The van der Waals surface area contributed by atoms with E-state index in [1.165, 1.54) is 6.42 Å². The fourth-order valence-corrected chi connectivity index (χ4v) is 6.65. The Balaban J connectivity index is 1.13. The molecule has 16 heteroatoms. The number of anilines is 1. The topological polar surface area (TPSA) is 189 Å². The molecule has 2 amide bonds. The molecule has 3 atom stereocenters. The Morgan fingerprint density at radius 1 is 1.10 bits per heavy atom. The molecule has 1 aliphatic heterocycles. The minimum atomic E-state index is -3.30. The van der Waals surface area contributed by atoms with Crippen molar-refractivity contribution in [3.8, 4) is 5.75 Å². The predicted octanol–water partition coefficient (Wildman–Crippen LogP) is 4.51. The first-order valence-corrected chi connectivity index (χ1v) is 19.1. The van der Waals surface area contributed by atoms with Gasteiger partial charge in [0.05, 0.1) is 25.0 Å². The molecule has 3 unspecified atom stereocenters. The van der Waals surface area contributed by atoms with Crippen LogP contribution in [-0.4, -0.2) is 66.4 Å². The first-order valence-electron chi connectivity index (χ1n) is 17.3. The molecule has 4 heterocycles. The Morgan fingerprint density at radius 3 is 2.61 bits per heavy atom. The summed E-state index contributed by atoms with van der Waals surface area (Å²) in [5.41, 5.74) is 2.66. The molecule has 6 rings (SSSR count). The normalized spacial score (nSPS) is 19.3. The lowest BCUT2D eigenvalue weighted by Gasteiger charge is -2.32. The quantitative estimate of drug-likeness (QED) is 0.104. The van der Waals surface area contributed by atoms with Gasteiger partial charge >= 0.3 is 16.5 Å². The van der Waals surface area contributed by atoms with Gasteiger partial charge in [-0.1, -0.05) is 45.0 Å². The minimum absolute atomic E-state index is 0.0331. The number of nitrogens with zero attached hydrogens (tertiary/aromatic N) is 6. The first-order chi connectivity index (χ1) is 24.3. The SMILES string of the molecule is CC(C)(C)C(=N)C=C(NC(=O)NC1CCC(Oc2ccc3nnc(N4CCCCC4)n3c2)c2ccccc21)[NH2+]c1cn(CCO[S+](C)(=O)O)cn1. The van der Waals surface area contributed by atoms with Crippen LogP contribution in [0.4, 0.5) is 16.6 Å². The predicted molar refractivity (Wildman–Crippen MR) is 194 cm³/mol. The average molecular weight is 721 g/mol. The van der Waals surface area contributed by atoms with Crippen LogP contribution in [0.25, 0.3) is 5.65 Å². The van der Waals surface area contributed by atoms with Gasteiger partial charge in [-0.25, -0.2) is 10.1 Å². The molecule has 1 aliphatic carbocycles. The zero-order valence-electron chi connectivity index (χ0n) is 29.5. The molecule has 0 radical (unpaired) electrons. The van der Waals surface area contributed by atoms with E-state index in [0.717, 1.165) is 60.7 Å². The molecule has 3 aromatic heterocycles.